The molecule has 2 aliphatic rings. The maximum absolute atomic E-state index is 13.4. The molecule has 0 radical (unpaired) electrons. The number of anilines is 1. The Morgan fingerprint density at radius 3 is 2.41 bits per heavy atom. The van der Waals surface area contributed by atoms with Crippen LogP contribution in [0.3, 0.4) is 0 Å². The van der Waals surface area contributed by atoms with Crippen molar-refractivity contribution in [2.45, 2.75) is 18.4 Å². The fourth-order valence-corrected chi connectivity index (χ4v) is 3.72. The molecule has 0 aliphatic carbocycles. The third kappa shape index (κ3) is 4.55. The van der Waals surface area contributed by atoms with Gasteiger partial charge >= 0.3 is 18.3 Å². The predicted molar refractivity (Wildman–Crippen MR) is 105 cm³/mol. The Hall–Kier alpha value is -3.61. The lowest BCUT2D eigenvalue weighted by Gasteiger charge is -2.33. The van der Waals surface area contributed by atoms with E-state index in [0.29, 0.717) is 12.6 Å². The number of alkyl halides is 6. The highest BCUT2D eigenvalue weighted by Gasteiger charge is 2.42. The average molecular weight is 487 g/mol. The second-order valence-corrected chi connectivity index (χ2v) is 7.60. The summed E-state index contributed by atoms with van der Waals surface area (Å²) in [7, 11) is 0. The second-order valence-electron chi connectivity index (χ2n) is 7.60. The van der Waals surface area contributed by atoms with Crippen molar-refractivity contribution in [2.24, 2.45) is 0 Å². The van der Waals surface area contributed by atoms with E-state index in [1.165, 1.54) is 23.1 Å². The summed E-state index contributed by atoms with van der Waals surface area (Å²) in [4.78, 5) is 38.1. The van der Waals surface area contributed by atoms with E-state index in [1.807, 2.05) is 0 Å². The van der Waals surface area contributed by atoms with Crippen molar-refractivity contribution in [2.75, 3.05) is 25.0 Å². The summed E-state index contributed by atoms with van der Waals surface area (Å²) in [5.41, 5.74) is -1.43. The number of carbonyl (C=O) groups excluding carboxylic acids is 3. The summed E-state index contributed by atoms with van der Waals surface area (Å²) in [6, 6.07) is 4.81. The lowest BCUT2D eigenvalue weighted by molar-refractivity contribution is -0.189. The summed E-state index contributed by atoms with van der Waals surface area (Å²) in [5, 5.41) is 5.60. The van der Waals surface area contributed by atoms with Gasteiger partial charge in [-0.15, -0.1) is 0 Å². The Kier molecular flexibility index (Phi) is 5.75. The van der Waals surface area contributed by atoms with Crippen LogP contribution >= 0.6 is 0 Å². The molecule has 34 heavy (non-hydrogen) atoms. The van der Waals surface area contributed by atoms with Crippen LogP contribution in [0.15, 0.2) is 36.4 Å². The minimum absolute atomic E-state index is 0.00139. The Labute approximate surface area is 187 Å². The van der Waals surface area contributed by atoms with Crippen LogP contribution < -0.4 is 15.4 Å². The van der Waals surface area contributed by atoms with E-state index in [-0.39, 0.29) is 41.5 Å². The van der Waals surface area contributed by atoms with Crippen LogP contribution in [-0.2, 0) is 15.8 Å². The summed E-state index contributed by atoms with van der Waals surface area (Å²) >= 11 is 0. The van der Waals surface area contributed by atoms with E-state index < -0.39 is 47.5 Å². The number of carbonyl (C=O) groups is 3. The van der Waals surface area contributed by atoms with Crippen LogP contribution in [0.2, 0.25) is 0 Å². The highest BCUT2D eigenvalue weighted by molar-refractivity contribution is 6.10. The highest BCUT2D eigenvalue weighted by atomic mass is 19.4. The standard InChI is InChI=1S/C21H15F6N3O4/c22-20(23,24)12-5-11(6-13(8-12)34-19(33)21(25,26)27)10-1-2-15-14(7-10)18(32)30-4-3-28-9-16(30)17(31)29-15/h1-2,5-8,16,28H,3-4,9H2,(H,29,31)/t16-/m0/s1. The first kappa shape index (κ1) is 23.5. The molecule has 1 atom stereocenters. The van der Waals surface area contributed by atoms with Crippen LogP contribution in [0.25, 0.3) is 11.1 Å². The van der Waals surface area contributed by atoms with Gasteiger partial charge in [0.05, 0.1) is 16.8 Å². The Balaban J connectivity index is 1.78. The van der Waals surface area contributed by atoms with Gasteiger partial charge in [-0.2, -0.15) is 26.3 Å². The molecule has 4 rings (SSSR count). The molecule has 2 amide bonds. The van der Waals surface area contributed by atoms with E-state index in [0.717, 1.165) is 6.07 Å². The molecule has 0 saturated carbocycles. The molecule has 1 fully saturated rings. The van der Waals surface area contributed by atoms with Gasteiger partial charge in [-0.3, -0.25) is 9.59 Å². The van der Waals surface area contributed by atoms with Gasteiger partial charge in [0.25, 0.3) is 5.91 Å². The quantitative estimate of drug-likeness (QED) is 0.386. The number of fused-ring (bicyclic) bond motifs is 2. The van der Waals surface area contributed by atoms with Gasteiger partial charge in [-0.1, -0.05) is 6.07 Å². The molecule has 180 valence electrons. The van der Waals surface area contributed by atoms with Gasteiger partial charge < -0.3 is 20.3 Å². The van der Waals surface area contributed by atoms with Gasteiger partial charge in [0.2, 0.25) is 5.91 Å². The van der Waals surface area contributed by atoms with Gasteiger partial charge in [0, 0.05) is 19.6 Å². The van der Waals surface area contributed by atoms with E-state index in [4.69, 9.17) is 0 Å². The molecule has 1 saturated heterocycles. The number of piperazine rings is 1. The largest absolute Gasteiger partial charge is 0.491 e. The summed E-state index contributed by atoms with van der Waals surface area (Å²) in [6.45, 7) is 0.883. The number of ether oxygens (including phenoxy) is 1. The van der Waals surface area contributed by atoms with Crippen molar-refractivity contribution in [1.29, 1.82) is 0 Å². The lowest BCUT2D eigenvalue weighted by atomic mass is 9.98. The number of hydrogen-bond donors (Lipinski definition) is 2. The molecule has 0 spiro atoms. The zero-order valence-electron chi connectivity index (χ0n) is 17.0. The van der Waals surface area contributed by atoms with Gasteiger partial charge in [-0.25, -0.2) is 4.79 Å². The molecule has 2 aliphatic heterocycles. The maximum Gasteiger partial charge on any atom is 0.491 e. The number of hydrogen-bond acceptors (Lipinski definition) is 5. The van der Waals surface area contributed by atoms with Crippen molar-refractivity contribution in [3.63, 3.8) is 0 Å². The number of rotatable bonds is 2. The first-order valence-corrected chi connectivity index (χ1v) is 9.83. The van der Waals surface area contributed by atoms with Crippen molar-refractivity contribution >= 4 is 23.5 Å². The number of halogens is 6. The molecule has 13 heteroatoms. The number of nitrogens with zero attached hydrogens (tertiary/aromatic N) is 1. The van der Waals surface area contributed by atoms with E-state index in [9.17, 15) is 40.7 Å². The third-order valence-electron chi connectivity index (χ3n) is 5.32. The summed E-state index contributed by atoms with van der Waals surface area (Å²) < 4.78 is 81.9. The van der Waals surface area contributed by atoms with E-state index in [2.05, 4.69) is 15.4 Å². The van der Waals surface area contributed by atoms with Gasteiger partial charge in [0.15, 0.2) is 0 Å². The second kappa shape index (κ2) is 8.31. The van der Waals surface area contributed by atoms with Crippen molar-refractivity contribution < 1.29 is 45.5 Å². The molecule has 2 heterocycles. The van der Waals surface area contributed by atoms with E-state index >= 15 is 0 Å². The Morgan fingerprint density at radius 1 is 1.00 bits per heavy atom. The van der Waals surface area contributed by atoms with Gasteiger partial charge in [-0.05, 0) is 41.5 Å². The fraction of sp³-hybridized carbons (Fsp3) is 0.286. The minimum Gasteiger partial charge on any atom is -0.420 e. The molecule has 0 aromatic heterocycles. The summed E-state index contributed by atoms with van der Waals surface area (Å²) in [5.74, 6) is -4.61. The molecular weight excluding hydrogens is 472 g/mol. The maximum atomic E-state index is 13.4. The van der Waals surface area contributed by atoms with Crippen molar-refractivity contribution in [3.05, 3.63) is 47.5 Å². The molecular formula is C21H15F6N3O4. The van der Waals surface area contributed by atoms with Crippen LogP contribution in [0, 0.1) is 0 Å². The zero-order valence-corrected chi connectivity index (χ0v) is 17.0. The third-order valence-corrected chi connectivity index (χ3v) is 5.32. The minimum atomic E-state index is -5.41. The topological polar surface area (TPSA) is 87.7 Å². The Morgan fingerprint density at radius 2 is 1.74 bits per heavy atom. The SMILES string of the molecule is O=C1Nc2ccc(-c3cc(OC(=O)C(F)(F)F)cc(C(F)(F)F)c3)cc2C(=O)N2CCNC[C@@H]12. The van der Waals surface area contributed by atoms with Crippen LogP contribution in [0.4, 0.5) is 32.0 Å². The monoisotopic (exact) mass is 487 g/mol. The normalized spacial score (nSPS) is 18.5. The highest BCUT2D eigenvalue weighted by Crippen LogP contribution is 2.37. The smallest absolute Gasteiger partial charge is 0.420 e. The molecule has 2 N–H and O–H groups in total. The molecule has 2 aromatic rings. The molecule has 2 aromatic carbocycles. The zero-order chi connectivity index (χ0) is 24.8. The van der Waals surface area contributed by atoms with Crippen LogP contribution in [0.5, 0.6) is 5.75 Å². The molecule has 0 unspecified atom stereocenters. The number of benzene rings is 2. The average Bonchev–Trinajstić information content (AvgIpc) is 2.87. The number of esters is 1. The Bertz CT molecular complexity index is 1180. The van der Waals surface area contributed by atoms with Gasteiger partial charge in [0.1, 0.15) is 11.8 Å². The predicted octanol–water partition coefficient (Wildman–Crippen LogP) is 3.21. The summed E-state index contributed by atoms with van der Waals surface area (Å²) in [6.07, 6.45) is -10.4. The van der Waals surface area contributed by atoms with Crippen molar-refractivity contribution in [3.8, 4) is 16.9 Å². The van der Waals surface area contributed by atoms with Crippen molar-refractivity contribution in [1.82, 2.24) is 10.2 Å². The van der Waals surface area contributed by atoms with Crippen LogP contribution in [-0.4, -0.2) is 54.5 Å². The van der Waals surface area contributed by atoms with Crippen LogP contribution in [0.1, 0.15) is 15.9 Å². The fourth-order valence-electron chi connectivity index (χ4n) is 3.72. The molecule has 0 bridgehead atoms. The number of nitrogens with one attached hydrogen (secondary N) is 2. The lowest BCUT2D eigenvalue weighted by Crippen LogP contribution is -2.57. The van der Waals surface area contributed by atoms with E-state index in [1.54, 1.807) is 0 Å². The number of amides is 2. The first-order valence-electron chi connectivity index (χ1n) is 9.83. The first-order chi connectivity index (χ1) is 15.8. The molecule has 7 nitrogen and oxygen atoms in total.